The average molecular weight is 316 g/mol. The van der Waals surface area contributed by atoms with Crippen LogP contribution in [0.1, 0.15) is 5.56 Å². The minimum Gasteiger partial charge on any atom is -0.392 e. The van der Waals surface area contributed by atoms with Crippen LogP contribution in [-0.2, 0) is 16.2 Å². The van der Waals surface area contributed by atoms with Crippen LogP contribution in [0.25, 0.3) is 0 Å². The summed E-state index contributed by atoms with van der Waals surface area (Å²) in [5.74, 6) is -1.11. The number of halogens is 1. The van der Waals surface area contributed by atoms with Gasteiger partial charge in [0.1, 0.15) is 0 Å². The average Bonchev–Trinajstić information content (AvgIpc) is 2.26. The van der Waals surface area contributed by atoms with Gasteiger partial charge in [-0.15, -0.1) is 0 Å². The number of aliphatic hydroxyl groups is 1. The fourth-order valence-corrected chi connectivity index (χ4v) is 1.97. The number of anilines is 1. The zero-order chi connectivity index (χ0) is 13.7. The zero-order valence-electron chi connectivity index (χ0n) is 9.60. The topological polar surface area (TPSA) is 110 Å². The number of primary amides is 2. The predicted octanol–water partition coefficient (Wildman–Crippen LogP) is -0.282. The summed E-state index contributed by atoms with van der Waals surface area (Å²) in [6.07, 6.45) is 0. The summed E-state index contributed by atoms with van der Waals surface area (Å²) >= 11 is 3.29. The molecule has 0 saturated heterocycles. The summed E-state index contributed by atoms with van der Waals surface area (Å²) in [5.41, 5.74) is 11.6. The van der Waals surface area contributed by atoms with Crippen molar-refractivity contribution in [2.24, 2.45) is 11.5 Å². The third-order valence-corrected chi connectivity index (χ3v) is 3.00. The molecule has 0 fully saturated rings. The summed E-state index contributed by atoms with van der Waals surface area (Å²) in [6.45, 7) is -0.311. The minimum atomic E-state index is -0.557. The first kappa shape index (κ1) is 14.5. The lowest BCUT2D eigenvalue weighted by atomic mass is 10.2. The highest BCUT2D eigenvalue weighted by Gasteiger charge is 2.13. The Bertz CT molecular complexity index is 449. The summed E-state index contributed by atoms with van der Waals surface area (Å²) < 4.78 is 0.682. The Morgan fingerprint density at radius 1 is 1.22 bits per heavy atom. The number of nitrogens with two attached hydrogens (primary N) is 2. The van der Waals surface area contributed by atoms with Crippen LogP contribution in [0.15, 0.2) is 22.7 Å². The Labute approximate surface area is 113 Å². The minimum absolute atomic E-state index is 0.103. The highest BCUT2D eigenvalue weighted by molar-refractivity contribution is 9.10. The molecule has 0 aliphatic carbocycles. The van der Waals surface area contributed by atoms with Gasteiger partial charge in [0.15, 0.2) is 0 Å². The monoisotopic (exact) mass is 315 g/mol. The Morgan fingerprint density at radius 2 is 1.78 bits per heavy atom. The van der Waals surface area contributed by atoms with E-state index in [-0.39, 0.29) is 19.7 Å². The molecule has 0 aliphatic rings. The molecule has 1 aromatic rings. The molecule has 1 rings (SSSR count). The number of rotatable bonds is 6. The van der Waals surface area contributed by atoms with Crippen molar-refractivity contribution in [2.75, 3.05) is 18.0 Å². The second-order valence-corrected chi connectivity index (χ2v) is 4.58. The molecule has 98 valence electrons. The van der Waals surface area contributed by atoms with Gasteiger partial charge in [-0.2, -0.15) is 0 Å². The molecular weight excluding hydrogens is 302 g/mol. The number of carbonyl (C=O) groups excluding carboxylic acids is 2. The number of amides is 2. The van der Waals surface area contributed by atoms with Crippen LogP contribution in [0.5, 0.6) is 0 Å². The van der Waals surface area contributed by atoms with Crippen molar-refractivity contribution >= 4 is 33.4 Å². The molecule has 1 aromatic carbocycles. The van der Waals surface area contributed by atoms with Gasteiger partial charge in [-0.1, -0.05) is 22.0 Å². The second-order valence-electron chi connectivity index (χ2n) is 3.72. The van der Waals surface area contributed by atoms with Gasteiger partial charge in [-0.25, -0.2) is 0 Å². The molecular formula is C11H14BrN3O3. The third kappa shape index (κ3) is 4.01. The van der Waals surface area contributed by atoms with Gasteiger partial charge in [0, 0.05) is 10.2 Å². The third-order valence-electron chi connectivity index (χ3n) is 2.27. The lowest BCUT2D eigenvalue weighted by Crippen LogP contribution is -2.39. The van der Waals surface area contributed by atoms with E-state index in [1.54, 1.807) is 18.2 Å². The molecule has 0 heterocycles. The molecule has 2 amide bonds. The predicted molar refractivity (Wildman–Crippen MR) is 70.7 cm³/mol. The SMILES string of the molecule is NC(=O)CN(CC(N)=O)c1ccc(CO)c(Br)c1. The van der Waals surface area contributed by atoms with Crippen LogP contribution < -0.4 is 16.4 Å². The fourth-order valence-electron chi connectivity index (χ4n) is 1.48. The first-order valence-corrected chi connectivity index (χ1v) is 5.94. The molecule has 7 heteroatoms. The smallest absolute Gasteiger partial charge is 0.236 e. The van der Waals surface area contributed by atoms with Gasteiger partial charge in [-0.3, -0.25) is 9.59 Å². The van der Waals surface area contributed by atoms with E-state index in [2.05, 4.69) is 15.9 Å². The molecule has 0 aliphatic heterocycles. The van der Waals surface area contributed by atoms with Crippen molar-refractivity contribution in [3.05, 3.63) is 28.2 Å². The molecule has 0 atom stereocenters. The van der Waals surface area contributed by atoms with Gasteiger partial charge < -0.3 is 21.5 Å². The Balaban J connectivity index is 3.00. The van der Waals surface area contributed by atoms with Crippen molar-refractivity contribution < 1.29 is 14.7 Å². The van der Waals surface area contributed by atoms with Gasteiger partial charge in [0.05, 0.1) is 19.7 Å². The van der Waals surface area contributed by atoms with E-state index in [0.717, 1.165) is 0 Å². The molecule has 0 saturated carbocycles. The van der Waals surface area contributed by atoms with Gasteiger partial charge in [-0.05, 0) is 17.7 Å². The maximum atomic E-state index is 10.9. The van der Waals surface area contributed by atoms with E-state index in [4.69, 9.17) is 16.6 Å². The van der Waals surface area contributed by atoms with E-state index in [0.29, 0.717) is 15.7 Å². The highest BCUT2D eigenvalue weighted by Crippen LogP contribution is 2.24. The van der Waals surface area contributed by atoms with Crippen LogP contribution in [0.4, 0.5) is 5.69 Å². The molecule has 18 heavy (non-hydrogen) atoms. The lowest BCUT2D eigenvalue weighted by molar-refractivity contribution is -0.117. The Morgan fingerprint density at radius 3 is 2.17 bits per heavy atom. The zero-order valence-corrected chi connectivity index (χ0v) is 11.2. The van der Waals surface area contributed by atoms with Gasteiger partial charge in [0.2, 0.25) is 11.8 Å². The van der Waals surface area contributed by atoms with E-state index in [1.165, 1.54) is 4.90 Å². The van der Waals surface area contributed by atoms with Crippen LogP contribution in [0, 0.1) is 0 Å². The first-order chi connectivity index (χ1) is 8.43. The van der Waals surface area contributed by atoms with Crippen molar-refractivity contribution in [1.29, 1.82) is 0 Å². The van der Waals surface area contributed by atoms with Crippen molar-refractivity contribution in [1.82, 2.24) is 0 Å². The van der Waals surface area contributed by atoms with Crippen molar-refractivity contribution in [2.45, 2.75) is 6.61 Å². The molecule has 0 aromatic heterocycles. The lowest BCUT2D eigenvalue weighted by Gasteiger charge is -2.22. The number of hydrogen-bond donors (Lipinski definition) is 3. The molecule has 0 spiro atoms. The Hall–Kier alpha value is -1.60. The number of hydrogen-bond acceptors (Lipinski definition) is 4. The van der Waals surface area contributed by atoms with E-state index in [9.17, 15) is 9.59 Å². The van der Waals surface area contributed by atoms with Crippen LogP contribution >= 0.6 is 15.9 Å². The summed E-state index contributed by atoms with van der Waals surface area (Å²) in [4.78, 5) is 23.4. The number of aliphatic hydroxyl groups excluding tert-OH is 1. The standard InChI is InChI=1S/C11H14BrN3O3/c12-9-3-8(2-1-7(9)6-16)15(4-10(13)17)5-11(14)18/h1-3,16H,4-6H2,(H2,13,17)(H2,14,18). The largest absolute Gasteiger partial charge is 0.392 e. The van der Waals surface area contributed by atoms with Crippen LogP contribution in [0.3, 0.4) is 0 Å². The maximum absolute atomic E-state index is 10.9. The number of nitrogens with zero attached hydrogens (tertiary/aromatic N) is 1. The van der Waals surface area contributed by atoms with E-state index in [1.807, 2.05) is 0 Å². The normalized spacial score (nSPS) is 10.1. The Kier molecular flexibility index (Phi) is 5.11. The molecule has 0 bridgehead atoms. The maximum Gasteiger partial charge on any atom is 0.236 e. The molecule has 5 N–H and O–H groups in total. The van der Waals surface area contributed by atoms with Gasteiger partial charge >= 0.3 is 0 Å². The summed E-state index contributed by atoms with van der Waals surface area (Å²) in [6, 6.07) is 5.06. The molecule has 0 unspecified atom stereocenters. The van der Waals surface area contributed by atoms with Gasteiger partial charge in [0.25, 0.3) is 0 Å². The number of benzene rings is 1. The molecule has 0 radical (unpaired) electrons. The van der Waals surface area contributed by atoms with Crippen molar-refractivity contribution in [3.63, 3.8) is 0 Å². The first-order valence-electron chi connectivity index (χ1n) is 5.15. The van der Waals surface area contributed by atoms with Crippen molar-refractivity contribution in [3.8, 4) is 0 Å². The highest BCUT2D eigenvalue weighted by atomic mass is 79.9. The summed E-state index contributed by atoms with van der Waals surface area (Å²) in [7, 11) is 0. The number of carbonyl (C=O) groups is 2. The fraction of sp³-hybridized carbons (Fsp3) is 0.273. The summed E-state index contributed by atoms with van der Waals surface area (Å²) in [5, 5.41) is 9.05. The quantitative estimate of drug-likeness (QED) is 0.670. The second kappa shape index (κ2) is 6.36. The van der Waals surface area contributed by atoms with Crippen LogP contribution in [0.2, 0.25) is 0 Å². The molecule has 6 nitrogen and oxygen atoms in total. The van der Waals surface area contributed by atoms with E-state index < -0.39 is 11.8 Å². The van der Waals surface area contributed by atoms with E-state index >= 15 is 0 Å². The van der Waals surface area contributed by atoms with Crippen LogP contribution in [-0.4, -0.2) is 30.0 Å².